The zero-order valence-corrected chi connectivity index (χ0v) is 11.7. The minimum atomic E-state index is -2.96. The molecule has 16 heavy (non-hydrogen) atoms. The molecule has 1 rings (SSSR count). The Kier molecular flexibility index (Phi) is 4.80. The first kappa shape index (κ1) is 14.0. The van der Waals surface area contributed by atoms with E-state index in [0.717, 1.165) is 25.8 Å². The smallest absolute Gasteiger partial charge is 0.156 e. The quantitative estimate of drug-likeness (QED) is 0.826. The molecule has 1 saturated carbocycles. The van der Waals surface area contributed by atoms with E-state index < -0.39 is 9.84 Å². The van der Waals surface area contributed by atoms with E-state index in [1.165, 1.54) is 0 Å². The summed E-state index contributed by atoms with van der Waals surface area (Å²) in [5.41, 5.74) is 0. The largest absolute Gasteiger partial charge is 0.313 e. The maximum atomic E-state index is 12.2. The predicted molar refractivity (Wildman–Crippen MR) is 68.3 cm³/mol. The highest BCUT2D eigenvalue weighted by Gasteiger charge is 2.38. The molecule has 1 aliphatic rings. The minimum absolute atomic E-state index is 0.154. The van der Waals surface area contributed by atoms with Crippen LogP contribution in [0.5, 0.6) is 0 Å². The Morgan fingerprint density at radius 2 is 1.94 bits per heavy atom. The SMILES string of the molecule is CCNC1CC(C)CCC1S(=O)(=O)C(C)C. The van der Waals surface area contributed by atoms with Crippen molar-refractivity contribution in [3.8, 4) is 0 Å². The van der Waals surface area contributed by atoms with Crippen LogP contribution in [-0.4, -0.2) is 31.5 Å². The summed E-state index contributed by atoms with van der Waals surface area (Å²) in [5, 5.41) is 2.91. The van der Waals surface area contributed by atoms with Crippen molar-refractivity contribution < 1.29 is 8.42 Å². The molecule has 1 N–H and O–H groups in total. The van der Waals surface area contributed by atoms with Gasteiger partial charge in [-0.25, -0.2) is 8.42 Å². The van der Waals surface area contributed by atoms with E-state index in [2.05, 4.69) is 12.2 Å². The monoisotopic (exact) mass is 247 g/mol. The summed E-state index contributed by atoms with van der Waals surface area (Å²) in [7, 11) is -2.96. The molecule has 0 amide bonds. The van der Waals surface area contributed by atoms with Crippen LogP contribution < -0.4 is 5.32 Å². The van der Waals surface area contributed by atoms with Crippen molar-refractivity contribution in [1.29, 1.82) is 0 Å². The second kappa shape index (κ2) is 5.50. The van der Waals surface area contributed by atoms with Crippen LogP contribution in [0, 0.1) is 5.92 Å². The molecular weight excluding hydrogens is 222 g/mol. The molecule has 4 heteroatoms. The van der Waals surface area contributed by atoms with Crippen molar-refractivity contribution in [3.05, 3.63) is 0 Å². The second-order valence-corrected chi connectivity index (χ2v) is 7.98. The number of nitrogens with one attached hydrogen (secondary N) is 1. The third-order valence-electron chi connectivity index (χ3n) is 3.59. The van der Waals surface area contributed by atoms with Crippen molar-refractivity contribution >= 4 is 9.84 Å². The van der Waals surface area contributed by atoms with E-state index in [1.54, 1.807) is 13.8 Å². The number of hydrogen-bond donors (Lipinski definition) is 1. The predicted octanol–water partition coefficient (Wildman–Crippen LogP) is 1.98. The number of hydrogen-bond acceptors (Lipinski definition) is 3. The summed E-state index contributed by atoms with van der Waals surface area (Å²) >= 11 is 0. The van der Waals surface area contributed by atoms with E-state index in [1.807, 2.05) is 6.92 Å². The van der Waals surface area contributed by atoms with Crippen molar-refractivity contribution in [3.63, 3.8) is 0 Å². The molecule has 3 atom stereocenters. The van der Waals surface area contributed by atoms with Gasteiger partial charge in [-0.2, -0.15) is 0 Å². The maximum absolute atomic E-state index is 12.2. The molecular formula is C12H25NO2S. The highest BCUT2D eigenvalue weighted by Crippen LogP contribution is 2.30. The Bertz CT molecular complexity index is 311. The average molecular weight is 247 g/mol. The lowest BCUT2D eigenvalue weighted by Crippen LogP contribution is -2.49. The van der Waals surface area contributed by atoms with E-state index in [9.17, 15) is 8.42 Å². The fourth-order valence-corrected chi connectivity index (χ4v) is 4.40. The Balaban J connectivity index is 2.84. The van der Waals surface area contributed by atoms with Gasteiger partial charge in [0.25, 0.3) is 0 Å². The highest BCUT2D eigenvalue weighted by atomic mass is 32.2. The molecule has 0 radical (unpaired) electrons. The summed E-state index contributed by atoms with van der Waals surface area (Å²) < 4.78 is 24.5. The van der Waals surface area contributed by atoms with Gasteiger partial charge in [0.15, 0.2) is 9.84 Å². The number of rotatable bonds is 4. The van der Waals surface area contributed by atoms with Crippen LogP contribution in [-0.2, 0) is 9.84 Å². The number of sulfone groups is 1. The maximum Gasteiger partial charge on any atom is 0.156 e. The molecule has 0 aromatic heterocycles. The summed E-state index contributed by atoms with van der Waals surface area (Å²) in [6.07, 6.45) is 2.85. The summed E-state index contributed by atoms with van der Waals surface area (Å²) in [6.45, 7) is 8.68. The minimum Gasteiger partial charge on any atom is -0.313 e. The van der Waals surface area contributed by atoms with Crippen LogP contribution in [0.1, 0.15) is 47.0 Å². The first-order valence-electron chi connectivity index (χ1n) is 6.35. The zero-order valence-electron chi connectivity index (χ0n) is 10.9. The van der Waals surface area contributed by atoms with Gasteiger partial charge < -0.3 is 5.32 Å². The summed E-state index contributed by atoms with van der Waals surface area (Å²) in [5.74, 6) is 0.641. The Labute approximate surface area is 99.9 Å². The zero-order chi connectivity index (χ0) is 12.3. The molecule has 0 saturated heterocycles. The molecule has 3 unspecified atom stereocenters. The standard InChI is InChI=1S/C12H25NO2S/c1-5-13-11-8-10(4)6-7-12(11)16(14,15)9(2)3/h9-13H,5-8H2,1-4H3. The van der Waals surface area contributed by atoms with Gasteiger partial charge in [-0.1, -0.05) is 13.8 Å². The van der Waals surface area contributed by atoms with Crippen LogP contribution >= 0.6 is 0 Å². The molecule has 0 spiro atoms. The van der Waals surface area contributed by atoms with Gasteiger partial charge in [0.1, 0.15) is 0 Å². The van der Waals surface area contributed by atoms with Crippen LogP contribution in [0.3, 0.4) is 0 Å². The topological polar surface area (TPSA) is 46.2 Å². The summed E-state index contributed by atoms with van der Waals surface area (Å²) in [4.78, 5) is 0. The molecule has 0 aromatic rings. The normalized spacial score (nSPS) is 31.9. The lowest BCUT2D eigenvalue weighted by molar-refractivity contribution is 0.305. The lowest BCUT2D eigenvalue weighted by Gasteiger charge is -2.35. The molecule has 0 aliphatic heterocycles. The van der Waals surface area contributed by atoms with Gasteiger partial charge in [-0.15, -0.1) is 0 Å². The van der Waals surface area contributed by atoms with Crippen LogP contribution in [0.15, 0.2) is 0 Å². The fraction of sp³-hybridized carbons (Fsp3) is 1.00. The van der Waals surface area contributed by atoms with Crippen molar-refractivity contribution in [1.82, 2.24) is 5.32 Å². The Morgan fingerprint density at radius 3 is 2.44 bits per heavy atom. The van der Waals surface area contributed by atoms with Crippen molar-refractivity contribution in [2.45, 2.75) is 63.5 Å². The molecule has 3 nitrogen and oxygen atoms in total. The first-order chi connectivity index (χ1) is 7.39. The van der Waals surface area contributed by atoms with E-state index in [0.29, 0.717) is 5.92 Å². The fourth-order valence-electron chi connectivity index (χ4n) is 2.57. The van der Waals surface area contributed by atoms with Crippen LogP contribution in [0.2, 0.25) is 0 Å². The van der Waals surface area contributed by atoms with Gasteiger partial charge in [-0.3, -0.25) is 0 Å². The Morgan fingerprint density at radius 1 is 1.31 bits per heavy atom. The average Bonchev–Trinajstić information content (AvgIpc) is 2.17. The van der Waals surface area contributed by atoms with Crippen LogP contribution in [0.25, 0.3) is 0 Å². The van der Waals surface area contributed by atoms with Gasteiger partial charge in [0.05, 0.1) is 10.5 Å². The van der Waals surface area contributed by atoms with E-state index in [-0.39, 0.29) is 16.5 Å². The molecule has 1 aliphatic carbocycles. The van der Waals surface area contributed by atoms with E-state index in [4.69, 9.17) is 0 Å². The molecule has 0 heterocycles. The van der Waals surface area contributed by atoms with E-state index >= 15 is 0 Å². The lowest BCUT2D eigenvalue weighted by atomic mass is 9.86. The van der Waals surface area contributed by atoms with Gasteiger partial charge in [0, 0.05) is 6.04 Å². The van der Waals surface area contributed by atoms with Crippen molar-refractivity contribution in [2.24, 2.45) is 5.92 Å². The van der Waals surface area contributed by atoms with Crippen molar-refractivity contribution in [2.75, 3.05) is 6.54 Å². The van der Waals surface area contributed by atoms with Gasteiger partial charge in [0.2, 0.25) is 0 Å². The molecule has 96 valence electrons. The molecule has 1 fully saturated rings. The second-order valence-electron chi connectivity index (χ2n) is 5.26. The first-order valence-corrected chi connectivity index (χ1v) is 7.96. The highest BCUT2D eigenvalue weighted by molar-refractivity contribution is 7.92. The van der Waals surface area contributed by atoms with Gasteiger partial charge in [-0.05, 0) is 45.6 Å². The Hall–Kier alpha value is -0.0900. The third-order valence-corrected chi connectivity index (χ3v) is 6.32. The third kappa shape index (κ3) is 2.98. The van der Waals surface area contributed by atoms with Crippen LogP contribution in [0.4, 0.5) is 0 Å². The summed E-state index contributed by atoms with van der Waals surface area (Å²) in [6, 6.07) is 0.154. The molecule has 0 aromatic carbocycles. The molecule has 0 bridgehead atoms. The van der Waals surface area contributed by atoms with Gasteiger partial charge >= 0.3 is 0 Å².